The van der Waals surface area contributed by atoms with Crippen LogP contribution in [-0.4, -0.2) is 25.9 Å². The number of carbonyl (C=O) groups is 1. The van der Waals surface area contributed by atoms with Gasteiger partial charge in [0.05, 0.1) is 17.3 Å². The molecule has 8 heteroatoms. The minimum Gasteiger partial charge on any atom is -0.450 e. The van der Waals surface area contributed by atoms with E-state index < -0.39 is 12.1 Å². The average molecular weight is 384 g/mol. The molecular weight excluding hydrogens is 364 g/mol. The molecule has 0 aromatic carbocycles. The number of nitrogens with one attached hydrogen (secondary N) is 1. The van der Waals surface area contributed by atoms with Crippen LogP contribution in [0.15, 0.2) is 17.2 Å². The van der Waals surface area contributed by atoms with E-state index in [4.69, 9.17) is 4.74 Å². The van der Waals surface area contributed by atoms with Crippen molar-refractivity contribution < 1.29 is 9.53 Å². The summed E-state index contributed by atoms with van der Waals surface area (Å²) in [6.45, 7) is 5.70. The first-order chi connectivity index (χ1) is 12.9. The predicted octanol–water partition coefficient (Wildman–Crippen LogP) is 3.13. The van der Waals surface area contributed by atoms with E-state index in [9.17, 15) is 9.59 Å². The lowest BCUT2D eigenvalue weighted by Gasteiger charge is -2.17. The van der Waals surface area contributed by atoms with Crippen LogP contribution < -0.4 is 5.56 Å². The van der Waals surface area contributed by atoms with Crippen molar-refractivity contribution in [3.05, 3.63) is 50.4 Å². The quantitative estimate of drug-likeness (QED) is 0.697. The maximum Gasteiger partial charge on any atom is 0.359 e. The van der Waals surface area contributed by atoms with Gasteiger partial charge in [0.2, 0.25) is 0 Å². The molecule has 0 amide bonds. The highest BCUT2D eigenvalue weighted by Gasteiger charge is 2.24. The van der Waals surface area contributed by atoms with Gasteiger partial charge in [0, 0.05) is 11.1 Å². The number of hydrogen-bond donors (Lipinski definition) is 1. The van der Waals surface area contributed by atoms with Crippen LogP contribution >= 0.6 is 11.3 Å². The fourth-order valence-corrected chi connectivity index (χ4v) is 4.72. The molecule has 0 saturated carbocycles. The second kappa shape index (κ2) is 6.84. The Kier molecular flexibility index (Phi) is 4.51. The van der Waals surface area contributed by atoms with Crippen molar-refractivity contribution in [2.45, 2.75) is 46.1 Å². The van der Waals surface area contributed by atoms with Crippen molar-refractivity contribution in [1.29, 1.82) is 0 Å². The Balaban J connectivity index is 1.62. The number of esters is 1. The summed E-state index contributed by atoms with van der Waals surface area (Å²) in [7, 11) is 0. The van der Waals surface area contributed by atoms with Crippen molar-refractivity contribution in [3.63, 3.8) is 0 Å². The van der Waals surface area contributed by atoms with Crippen molar-refractivity contribution in [1.82, 2.24) is 19.9 Å². The number of rotatable bonds is 3. The maximum atomic E-state index is 12.7. The van der Waals surface area contributed by atoms with Gasteiger partial charge >= 0.3 is 5.97 Å². The molecule has 2 atom stereocenters. The third kappa shape index (κ3) is 3.37. The van der Waals surface area contributed by atoms with Gasteiger partial charge in [-0.2, -0.15) is 0 Å². The highest BCUT2D eigenvalue weighted by atomic mass is 32.1. The molecule has 0 saturated heterocycles. The number of fused-ring (bicyclic) bond motifs is 3. The fourth-order valence-electron chi connectivity index (χ4n) is 3.33. The van der Waals surface area contributed by atoms with Crippen LogP contribution in [0.5, 0.6) is 0 Å². The number of aromatic nitrogens is 4. The summed E-state index contributed by atoms with van der Waals surface area (Å²) in [6.07, 6.45) is 5.17. The summed E-state index contributed by atoms with van der Waals surface area (Å²) in [6, 6.07) is 0. The first kappa shape index (κ1) is 17.8. The summed E-state index contributed by atoms with van der Waals surface area (Å²) in [5, 5.41) is 0.688. The number of nitrogens with zero attached hydrogens (tertiary/aromatic N) is 3. The molecule has 3 aromatic rings. The van der Waals surface area contributed by atoms with Gasteiger partial charge in [-0.05, 0) is 44.6 Å². The molecule has 0 bridgehead atoms. The lowest BCUT2D eigenvalue weighted by Crippen LogP contribution is -2.18. The second-order valence-electron chi connectivity index (χ2n) is 7.07. The van der Waals surface area contributed by atoms with E-state index in [2.05, 4.69) is 26.9 Å². The van der Waals surface area contributed by atoms with Crippen molar-refractivity contribution in [2.75, 3.05) is 0 Å². The van der Waals surface area contributed by atoms with E-state index in [0.29, 0.717) is 27.7 Å². The smallest absolute Gasteiger partial charge is 0.359 e. The zero-order valence-electron chi connectivity index (χ0n) is 15.4. The van der Waals surface area contributed by atoms with Gasteiger partial charge in [-0.15, -0.1) is 11.3 Å². The van der Waals surface area contributed by atoms with Gasteiger partial charge < -0.3 is 9.72 Å². The molecule has 0 aliphatic heterocycles. The normalized spacial score (nSPS) is 17.5. The summed E-state index contributed by atoms with van der Waals surface area (Å²) >= 11 is 1.57. The fraction of sp³-hybridized carbons (Fsp3) is 0.421. The Labute approximate surface area is 159 Å². The molecule has 0 fully saturated rings. The highest BCUT2D eigenvalue weighted by molar-refractivity contribution is 7.18. The van der Waals surface area contributed by atoms with Crippen molar-refractivity contribution in [3.8, 4) is 0 Å². The molecule has 4 rings (SSSR count). The SMILES string of the molecule is Cc1cnc(C(=O)O[C@H](C)c2nc3sc4c(c3c(=O)[nH]2)CC[C@H](C)C4)cn1. The largest absolute Gasteiger partial charge is 0.450 e. The summed E-state index contributed by atoms with van der Waals surface area (Å²) < 4.78 is 5.42. The van der Waals surface area contributed by atoms with Crippen LogP contribution in [0.1, 0.15) is 58.8 Å². The third-order valence-electron chi connectivity index (χ3n) is 4.84. The molecule has 27 heavy (non-hydrogen) atoms. The Morgan fingerprint density at radius 3 is 2.93 bits per heavy atom. The third-order valence-corrected chi connectivity index (χ3v) is 5.99. The summed E-state index contributed by atoms with van der Waals surface area (Å²) in [5.74, 6) is 0.365. The second-order valence-corrected chi connectivity index (χ2v) is 8.16. The molecule has 0 radical (unpaired) electrons. The van der Waals surface area contributed by atoms with Crippen LogP contribution in [0.2, 0.25) is 0 Å². The van der Waals surface area contributed by atoms with E-state index in [1.165, 1.54) is 17.3 Å². The Morgan fingerprint density at radius 1 is 1.37 bits per heavy atom. The highest BCUT2D eigenvalue weighted by Crippen LogP contribution is 2.35. The van der Waals surface area contributed by atoms with Gasteiger partial charge in [0.25, 0.3) is 5.56 Å². The number of hydrogen-bond acceptors (Lipinski definition) is 7. The monoisotopic (exact) mass is 384 g/mol. The van der Waals surface area contributed by atoms with Gasteiger partial charge in [-0.25, -0.2) is 14.8 Å². The minimum absolute atomic E-state index is 0.122. The van der Waals surface area contributed by atoms with Crippen molar-refractivity contribution in [2.24, 2.45) is 5.92 Å². The standard InChI is InChI=1S/C19H20N4O3S/c1-9-4-5-12-14(6-9)27-18-15(12)17(24)22-16(23-18)11(3)26-19(25)13-8-20-10(2)7-21-13/h7-9,11H,4-6H2,1-3H3,(H,22,23,24)/t9-,11+/m0/s1. The molecular formula is C19H20N4O3S. The molecule has 0 unspecified atom stereocenters. The van der Waals surface area contributed by atoms with Gasteiger partial charge in [0.1, 0.15) is 4.83 Å². The number of thiophene rings is 1. The lowest BCUT2D eigenvalue weighted by atomic mass is 9.89. The van der Waals surface area contributed by atoms with E-state index in [1.54, 1.807) is 25.2 Å². The first-order valence-corrected chi connectivity index (χ1v) is 9.78. The summed E-state index contributed by atoms with van der Waals surface area (Å²) in [4.78, 5) is 42.3. The number of aryl methyl sites for hydroxylation is 2. The molecule has 1 aliphatic carbocycles. The molecule has 1 N–H and O–H groups in total. The summed E-state index contributed by atoms with van der Waals surface area (Å²) in [5.41, 5.74) is 1.80. The molecule has 0 spiro atoms. The molecule has 3 heterocycles. The van der Waals surface area contributed by atoms with Gasteiger partial charge in [0.15, 0.2) is 17.6 Å². The first-order valence-electron chi connectivity index (χ1n) is 8.96. The predicted molar refractivity (Wildman–Crippen MR) is 102 cm³/mol. The average Bonchev–Trinajstić information content (AvgIpc) is 2.99. The number of H-pyrrole nitrogens is 1. The van der Waals surface area contributed by atoms with E-state index >= 15 is 0 Å². The topological polar surface area (TPSA) is 97.8 Å². The molecule has 1 aliphatic rings. The lowest BCUT2D eigenvalue weighted by molar-refractivity contribution is 0.0312. The Hall–Kier alpha value is -2.61. The molecule has 7 nitrogen and oxygen atoms in total. The maximum absolute atomic E-state index is 12.7. The van der Waals surface area contributed by atoms with Crippen LogP contribution in [0.3, 0.4) is 0 Å². The van der Waals surface area contributed by atoms with Gasteiger partial charge in [-0.1, -0.05) is 6.92 Å². The van der Waals surface area contributed by atoms with Crippen LogP contribution in [0.25, 0.3) is 10.2 Å². The van der Waals surface area contributed by atoms with E-state index in [0.717, 1.165) is 24.8 Å². The van der Waals surface area contributed by atoms with E-state index in [1.807, 2.05) is 0 Å². The molecule has 140 valence electrons. The number of ether oxygens (including phenoxy) is 1. The zero-order chi connectivity index (χ0) is 19.1. The number of aromatic amines is 1. The Morgan fingerprint density at radius 2 is 2.19 bits per heavy atom. The number of carbonyl (C=O) groups excluding carboxylic acids is 1. The van der Waals surface area contributed by atoms with Crippen LogP contribution in [0.4, 0.5) is 0 Å². The minimum atomic E-state index is -0.698. The zero-order valence-corrected chi connectivity index (χ0v) is 16.2. The Bertz CT molecular complexity index is 1070. The van der Waals surface area contributed by atoms with Crippen molar-refractivity contribution >= 4 is 27.5 Å². The van der Waals surface area contributed by atoms with Crippen LogP contribution in [0, 0.1) is 12.8 Å². The van der Waals surface area contributed by atoms with Gasteiger partial charge in [-0.3, -0.25) is 9.78 Å². The molecule has 3 aromatic heterocycles. The van der Waals surface area contributed by atoms with Crippen LogP contribution in [-0.2, 0) is 17.6 Å². The van der Waals surface area contributed by atoms with E-state index in [-0.39, 0.29) is 11.3 Å².